The third-order valence-electron chi connectivity index (χ3n) is 3.34. The van der Waals surface area contributed by atoms with Crippen LogP contribution in [0.15, 0.2) is 35.4 Å². The van der Waals surface area contributed by atoms with Crippen molar-refractivity contribution in [2.24, 2.45) is 0 Å². The summed E-state index contributed by atoms with van der Waals surface area (Å²) in [6.07, 6.45) is 2.20. The van der Waals surface area contributed by atoms with Gasteiger partial charge in [-0.1, -0.05) is 18.5 Å². The number of halogens is 1. The molecule has 0 radical (unpaired) electrons. The number of rotatable bonds is 6. The van der Waals surface area contributed by atoms with Gasteiger partial charge in [0.05, 0.1) is 19.0 Å². The Labute approximate surface area is 139 Å². The predicted octanol–water partition coefficient (Wildman–Crippen LogP) is 1.90. The second-order valence-electron chi connectivity index (χ2n) is 4.87. The second kappa shape index (κ2) is 7.78. The van der Waals surface area contributed by atoms with E-state index in [0.717, 1.165) is 5.69 Å². The highest BCUT2D eigenvalue weighted by atomic mass is 35.5. The molecule has 0 fully saturated rings. The zero-order valence-electron chi connectivity index (χ0n) is 13.0. The molecule has 0 unspecified atom stereocenters. The monoisotopic (exact) mass is 335 g/mol. The number of hydrogen-bond acceptors (Lipinski definition) is 4. The van der Waals surface area contributed by atoms with Crippen molar-refractivity contribution in [1.82, 2.24) is 14.9 Å². The Balaban J connectivity index is 2.00. The van der Waals surface area contributed by atoms with Crippen LogP contribution in [0.5, 0.6) is 5.75 Å². The van der Waals surface area contributed by atoms with Crippen molar-refractivity contribution in [3.63, 3.8) is 0 Å². The van der Waals surface area contributed by atoms with E-state index in [1.807, 2.05) is 6.92 Å². The normalized spacial score (nSPS) is 10.4. The van der Waals surface area contributed by atoms with E-state index in [9.17, 15) is 9.59 Å². The van der Waals surface area contributed by atoms with E-state index in [-0.39, 0.29) is 11.5 Å². The smallest absolute Gasteiger partial charge is 0.255 e. The number of nitrogens with zero attached hydrogens (tertiary/aromatic N) is 2. The standard InChI is InChI=1S/C16H18ClN3O3/c1-3-12-9-15(21)20(10-19-12)7-6-18-16(22)13-8-11(17)4-5-14(13)23-2/h4-5,8-10H,3,6-7H2,1-2H3,(H,18,22). The van der Waals surface area contributed by atoms with E-state index < -0.39 is 0 Å². The molecule has 1 N–H and O–H groups in total. The maximum absolute atomic E-state index is 12.2. The zero-order chi connectivity index (χ0) is 16.8. The van der Waals surface area contributed by atoms with Crippen molar-refractivity contribution in [2.75, 3.05) is 13.7 Å². The van der Waals surface area contributed by atoms with Gasteiger partial charge in [-0.2, -0.15) is 0 Å². The van der Waals surface area contributed by atoms with Crippen LogP contribution in [0.25, 0.3) is 0 Å². The Bertz CT molecular complexity index is 758. The third kappa shape index (κ3) is 4.32. The van der Waals surface area contributed by atoms with Gasteiger partial charge < -0.3 is 10.1 Å². The summed E-state index contributed by atoms with van der Waals surface area (Å²) in [6, 6.07) is 6.33. The molecule has 1 amide bonds. The molecular weight excluding hydrogens is 318 g/mol. The Morgan fingerprint density at radius 2 is 2.17 bits per heavy atom. The lowest BCUT2D eigenvalue weighted by molar-refractivity contribution is 0.0949. The Hall–Kier alpha value is -2.34. The van der Waals surface area contributed by atoms with Crippen molar-refractivity contribution < 1.29 is 9.53 Å². The van der Waals surface area contributed by atoms with Crippen LogP contribution in [0.2, 0.25) is 5.02 Å². The van der Waals surface area contributed by atoms with Gasteiger partial charge in [0, 0.05) is 29.9 Å². The highest BCUT2D eigenvalue weighted by Crippen LogP contribution is 2.22. The number of aromatic nitrogens is 2. The predicted molar refractivity (Wildman–Crippen MR) is 88.2 cm³/mol. The quantitative estimate of drug-likeness (QED) is 0.875. The second-order valence-corrected chi connectivity index (χ2v) is 5.30. The van der Waals surface area contributed by atoms with E-state index in [4.69, 9.17) is 16.3 Å². The minimum atomic E-state index is -0.310. The summed E-state index contributed by atoms with van der Waals surface area (Å²) in [4.78, 5) is 28.2. The van der Waals surface area contributed by atoms with Crippen molar-refractivity contribution in [3.8, 4) is 5.75 Å². The lowest BCUT2D eigenvalue weighted by Crippen LogP contribution is -2.31. The summed E-state index contributed by atoms with van der Waals surface area (Å²) in [5.74, 6) is 0.133. The maximum atomic E-state index is 12.2. The molecule has 2 aromatic rings. The lowest BCUT2D eigenvalue weighted by Gasteiger charge is -2.10. The van der Waals surface area contributed by atoms with Crippen LogP contribution in [0.1, 0.15) is 23.0 Å². The van der Waals surface area contributed by atoms with E-state index in [1.165, 1.54) is 24.1 Å². The number of carbonyl (C=O) groups is 1. The van der Waals surface area contributed by atoms with Crippen LogP contribution in [0, 0.1) is 0 Å². The number of nitrogens with one attached hydrogen (secondary N) is 1. The maximum Gasteiger partial charge on any atom is 0.255 e. The molecule has 0 aliphatic rings. The summed E-state index contributed by atoms with van der Waals surface area (Å²) < 4.78 is 6.60. The molecule has 23 heavy (non-hydrogen) atoms. The summed E-state index contributed by atoms with van der Waals surface area (Å²) >= 11 is 5.91. The number of carbonyl (C=O) groups excluding carboxylic acids is 1. The molecule has 7 heteroatoms. The van der Waals surface area contributed by atoms with Crippen molar-refractivity contribution >= 4 is 17.5 Å². The van der Waals surface area contributed by atoms with Gasteiger partial charge in [0.1, 0.15) is 5.75 Å². The fraction of sp³-hybridized carbons (Fsp3) is 0.312. The number of benzene rings is 1. The van der Waals surface area contributed by atoms with Gasteiger partial charge in [0.25, 0.3) is 11.5 Å². The molecule has 0 saturated heterocycles. The van der Waals surface area contributed by atoms with E-state index in [1.54, 1.807) is 18.2 Å². The number of methoxy groups -OCH3 is 1. The molecule has 0 aliphatic heterocycles. The van der Waals surface area contributed by atoms with E-state index >= 15 is 0 Å². The van der Waals surface area contributed by atoms with Gasteiger partial charge in [-0.15, -0.1) is 0 Å². The highest BCUT2D eigenvalue weighted by Gasteiger charge is 2.12. The van der Waals surface area contributed by atoms with Crippen LogP contribution in [0.4, 0.5) is 0 Å². The molecule has 6 nitrogen and oxygen atoms in total. The molecule has 1 aromatic heterocycles. The zero-order valence-corrected chi connectivity index (χ0v) is 13.8. The summed E-state index contributed by atoms with van der Waals surface area (Å²) in [7, 11) is 1.49. The van der Waals surface area contributed by atoms with Gasteiger partial charge >= 0.3 is 0 Å². The average molecular weight is 336 g/mol. The van der Waals surface area contributed by atoms with E-state index in [0.29, 0.717) is 35.8 Å². The summed E-state index contributed by atoms with van der Waals surface area (Å²) in [5, 5.41) is 3.19. The van der Waals surface area contributed by atoms with Crippen molar-refractivity contribution in [2.45, 2.75) is 19.9 Å². The highest BCUT2D eigenvalue weighted by molar-refractivity contribution is 6.31. The minimum Gasteiger partial charge on any atom is -0.496 e. The first-order valence-electron chi connectivity index (χ1n) is 7.22. The first kappa shape index (κ1) is 17.0. The van der Waals surface area contributed by atoms with E-state index in [2.05, 4.69) is 10.3 Å². The van der Waals surface area contributed by atoms with Gasteiger partial charge in [-0.3, -0.25) is 14.2 Å². The first-order valence-corrected chi connectivity index (χ1v) is 7.60. The molecule has 0 saturated carbocycles. The molecule has 0 aliphatic carbocycles. The van der Waals surface area contributed by atoms with Crippen LogP contribution in [-0.2, 0) is 13.0 Å². The van der Waals surface area contributed by atoms with Crippen molar-refractivity contribution in [3.05, 3.63) is 57.2 Å². The molecule has 0 atom stereocenters. The number of amides is 1. The van der Waals surface area contributed by atoms with Crippen LogP contribution in [-0.4, -0.2) is 29.1 Å². The molecule has 0 spiro atoms. The van der Waals surface area contributed by atoms with Gasteiger partial charge in [0.2, 0.25) is 0 Å². The molecule has 1 aromatic carbocycles. The number of ether oxygens (including phenoxy) is 1. The Kier molecular flexibility index (Phi) is 5.76. The van der Waals surface area contributed by atoms with Gasteiger partial charge in [0.15, 0.2) is 0 Å². The molecule has 2 rings (SSSR count). The van der Waals surface area contributed by atoms with Gasteiger partial charge in [-0.05, 0) is 24.6 Å². The minimum absolute atomic E-state index is 0.133. The Morgan fingerprint density at radius 1 is 1.39 bits per heavy atom. The van der Waals surface area contributed by atoms with Crippen LogP contribution in [0.3, 0.4) is 0 Å². The SMILES string of the molecule is CCc1cc(=O)n(CCNC(=O)c2cc(Cl)ccc2OC)cn1. The molecular formula is C16H18ClN3O3. The fourth-order valence-corrected chi connectivity index (χ4v) is 2.24. The topological polar surface area (TPSA) is 73.2 Å². The Morgan fingerprint density at radius 3 is 2.83 bits per heavy atom. The van der Waals surface area contributed by atoms with Gasteiger partial charge in [-0.25, -0.2) is 4.98 Å². The van der Waals surface area contributed by atoms with Crippen LogP contribution >= 0.6 is 11.6 Å². The molecule has 0 bridgehead atoms. The number of hydrogen-bond donors (Lipinski definition) is 1. The molecule has 1 heterocycles. The number of aryl methyl sites for hydroxylation is 1. The third-order valence-corrected chi connectivity index (χ3v) is 3.58. The fourth-order valence-electron chi connectivity index (χ4n) is 2.07. The lowest BCUT2D eigenvalue weighted by atomic mass is 10.2. The first-order chi connectivity index (χ1) is 11.0. The van der Waals surface area contributed by atoms with Crippen molar-refractivity contribution in [1.29, 1.82) is 0 Å². The molecule has 122 valence electrons. The largest absolute Gasteiger partial charge is 0.496 e. The summed E-state index contributed by atoms with van der Waals surface area (Å²) in [6.45, 7) is 2.57. The summed E-state index contributed by atoms with van der Waals surface area (Å²) in [5.41, 5.74) is 0.970. The van der Waals surface area contributed by atoms with Crippen LogP contribution < -0.4 is 15.6 Å². The average Bonchev–Trinajstić information content (AvgIpc) is 2.56.